The first-order valence-corrected chi connectivity index (χ1v) is 4.78. The van der Waals surface area contributed by atoms with Crippen molar-refractivity contribution in [3.05, 3.63) is 11.6 Å². The summed E-state index contributed by atoms with van der Waals surface area (Å²) in [5.41, 5.74) is 1.43. The van der Waals surface area contributed by atoms with E-state index in [-0.39, 0.29) is 5.97 Å². The molecule has 13 heavy (non-hydrogen) atoms. The minimum Gasteiger partial charge on any atom is -0.469 e. The SMILES string of the molecule is COC(=O)CCCC1=CCCNC1. The van der Waals surface area contributed by atoms with Crippen LogP contribution in [0.25, 0.3) is 0 Å². The van der Waals surface area contributed by atoms with E-state index < -0.39 is 0 Å². The second-order valence-electron chi connectivity index (χ2n) is 3.26. The Bertz CT molecular complexity index is 199. The van der Waals surface area contributed by atoms with E-state index in [9.17, 15) is 4.79 Å². The number of carbonyl (C=O) groups is 1. The van der Waals surface area contributed by atoms with Crippen LogP contribution in [0.3, 0.4) is 0 Å². The van der Waals surface area contributed by atoms with E-state index in [1.165, 1.54) is 12.7 Å². The fourth-order valence-corrected chi connectivity index (χ4v) is 1.45. The van der Waals surface area contributed by atoms with Gasteiger partial charge in [-0.25, -0.2) is 0 Å². The predicted octanol–water partition coefficient (Wildman–Crippen LogP) is 1.25. The highest BCUT2D eigenvalue weighted by molar-refractivity contribution is 5.69. The molecule has 74 valence electrons. The monoisotopic (exact) mass is 183 g/mol. The maximum absolute atomic E-state index is 10.8. The van der Waals surface area contributed by atoms with Crippen LogP contribution in [0.1, 0.15) is 25.7 Å². The molecule has 0 atom stereocenters. The van der Waals surface area contributed by atoms with Crippen LogP contribution in [0.4, 0.5) is 0 Å². The molecule has 3 heteroatoms. The Morgan fingerprint density at radius 2 is 2.54 bits per heavy atom. The third-order valence-electron chi connectivity index (χ3n) is 2.21. The molecular formula is C10H17NO2. The molecule has 1 aliphatic heterocycles. The molecule has 1 heterocycles. The van der Waals surface area contributed by atoms with Gasteiger partial charge in [-0.05, 0) is 25.8 Å². The number of carbonyl (C=O) groups excluding carboxylic acids is 1. The molecule has 0 bridgehead atoms. The van der Waals surface area contributed by atoms with Crippen LogP contribution in [-0.2, 0) is 9.53 Å². The summed E-state index contributed by atoms with van der Waals surface area (Å²) >= 11 is 0. The number of rotatable bonds is 4. The lowest BCUT2D eigenvalue weighted by Crippen LogP contribution is -2.22. The Hall–Kier alpha value is -0.830. The third-order valence-corrected chi connectivity index (χ3v) is 2.21. The van der Waals surface area contributed by atoms with E-state index in [4.69, 9.17) is 0 Å². The summed E-state index contributed by atoms with van der Waals surface area (Å²) in [5.74, 6) is -0.107. The normalized spacial score (nSPS) is 16.5. The Balaban J connectivity index is 2.11. The lowest BCUT2D eigenvalue weighted by Gasteiger charge is -2.13. The van der Waals surface area contributed by atoms with Crippen molar-refractivity contribution < 1.29 is 9.53 Å². The van der Waals surface area contributed by atoms with Gasteiger partial charge in [0.2, 0.25) is 0 Å². The average molecular weight is 183 g/mol. The Kier molecular flexibility index (Phi) is 4.54. The zero-order valence-electron chi connectivity index (χ0n) is 8.14. The molecule has 1 N–H and O–H groups in total. The quantitative estimate of drug-likeness (QED) is 0.526. The lowest BCUT2D eigenvalue weighted by atomic mass is 10.1. The third kappa shape index (κ3) is 4.08. The van der Waals surface area contributed by atoms with Gasteiger partial charge in [0, 0.05) is 13.0 Å². The van der Waals surface area contributed by atoms with Crippen LogP contribution in [0, 0.1) is 0 Å². The summed E-state index contributed by atoms with van der Waals surface area (Å²) in [6, 6.07) is 0. The Labute approximate surface area is 79.2 Å². The fourth-order valence-electron chi connectivity index (χ4n) is 1.45. The molecule has 0 aromatic carbocycles. The Morgan fingerprint density at radius 1 is 1.69 bits per heavy atom. The van der Waals surface area contributed by atoms with E-state index in [1.54, 1.807) is 0 Å². The van der Waals surface area contributed by atoms with Gasteiger partial charge in [0.05, 0.1) is 7.11 Å². The minimum absolute atomic E-state index is 0.107. The summed E-state index contributed by atoms with van der Waals surface area (Å²) in [6.45, 7) is 2.07. The van der Waals surface area contributed by atoms with E-state index in [0.29, 0.717) is 6.42 Å². The van der Waals surface area contributed by atoms with Crippen molar-refractivity contribution in [1.82, 2.24) is 5.32 Å². The van der Waals surface area contributed by atoms with Crippen molar-refractivity contribution in [1.29, 1.82) is 0 Å². The van der Waals surface area contributed by atoms with E-state index >= 15 is 0 Å². The number of methoxy groups -OCH3 is 1. The molecule has 0 aliphatic carbocycles. The van der Waals surface area contributed by atoms with Crippen molar-refractivity contribution in [2.75, 3.05) is 20.2 Å². The molecule has 0 aromatic heterocycles. The number of nitrogens with one attached hydrogen (secondary N) is 1. The molecule has 1 aliphatic rings. The van der Waals surface area contributed by atoms with Crippen molar-refractivity contribution in [3.8, 4) is 0 Å². The Morgan fingerprint density at radius 3 is 3.15 bits per heavy atom. The summed E-state index contributed by atoms with van der Waals surface area (Å²) in [5, 5.41) is 3.30. The van der Waals surface area contributed by atoms with Gasteiger partial charge >= 0.3 is 5.97 Å². The van der Waals surface area contributed by atoms with Gasteiger partial charge < -0.3 is 10.1 Å². The van der Waals surface area contributed by atoms with Gasteiger partial charge in [-0.3, -0.25) is 4.79 Å². The maximum Gasteiger partial charge on any atom is 0.305 e. The highest BCUT2D eigenvalue weighted by atomic mass is 16.5. The molecule has 0 saturated heterocycles. The number of hydrogen-bond donors (Lipinski definition) is 1. The molecular weight excluding hydrogens is 166 g/mol. The highest BCUT2D eigenvalue weighted by Gasteiger charge is 2.04. The lowest BCUT2D eigenvalue weighted by molar-refractivity contribution is -0.140. The highest BCUT2D eigenvalue weighted by Crippen LogP contribution is 2.10. The van der Waals surface area contributed by atoms with Crippen molar-refractivity contribution >= 4 is 5.97 Å². The molecule has 0 radical (unpaired) electrons. The van der Waals surface area contributed by atoms with Crippen LogP contribution in [0.2, 0.25) is 0 Å². The molecule has 0 fully saturated rings. The summed E-state index contributed by atoms with van der Waals surface area (Å²) in [7, 11) is 1.43. The zero-order chi connectivity index (χ0) is 9.52. The van der Waals surface area contributed by atoms with Gasteiger partial charge in [0.25, 0.3) is 0 Å². The van der Waals surface area contributed by atoms with Crippen LogP contribution < -0.4 is 5.32 Å². The fraction of sp³-hybridized carbons (Fsp3) is 0.700. The van der Waals surface area contributed by atoms with Crippen LogP contribution in [-0.4, -0.2) is 26.2 Å². The van der Waals surface area contributed by atoms with Crippen molar-refractivity contribution in [2.45, 2.75) is 25.7 Å². The summed E-state index contributed by atoms with van der Waals surface area (Å²) < 4.78 is 4.57. The van der Waals surface area contributed by atoms with Crippen LogP contribution >= 0.6 is 0 Å². The maximum atomic E-state index is 10.8. The molecule has 0 unspecified atom stereocenters. The minimum atomic E-state index is -0.107. The molecule has 0 amide bonds. The molecule has 0 spiro atoms. The van der Waals surface area contributed by atoms with Gasteiger partial charge in [-0.1, -0.05) is 11.6 Å². The standard InChI is InChI=1S/C10H17NO2/c1-13-10(12)6-2-4-9-5-3-7-11-8-9/h5,11H,2-4,6-8H2,1H3. The first-order chi connectivity index (χ1) is 6.33. The van der Waals surface area contributed by atoms with E-state index in [0.717, 1.165) is 32.4 Å². The summed E-state index contributed by atoms with van der Waals surface area (Å²) in [4.78, 5) is 10.8. The predicted molar refractivity (Wildman–Crippen MR) is 51.4 cm³/mol. The van der Waals surface area contributed by atoms with E-state index in [1.807, 2.05) is 0 Å². The van der Waals surface area contributed by atoms with Gasteiger partial charge in [0.1, 0.15) is 0 Å². The van der Waals surface area contributed by atoms with Crippen molar-refractivity contribution in [3.63, 3.8) is 0 Å². The topological polar surface area (TPSA) is 38.3 Å². The van der Waals surface area contributed by atoms with Gasteiger partial charge in [0.15, 0.2) is 0 Å². The molecule has 3 nitrogen and oxygen atoms in total. The van der Waals surface area contributed by atoms with Gasteiger partial charge in [-0.2, -0.15) is 0 Å². The van der Waals surface area contributed by atoms with Crippen molar-refractivity contribution in [2.24, 2.45) is 0 Å². The van der Waals surface area contributed by atoms with Gasteiger partial charge in [-0.15, -0.1) is 0 Å². The number of esters is 1. The first kappa shape index (κ1) is 10.3. The molecule has 1 rings (SSSR count). The largest absolute Gasteiger partial charge is 0.469 e. The summed E-state index contributed by atoms with van der Waals surface area (Å²) in [6.07, 6.45) is 5.84. The first-order valence-electron chi connectivity index (χ1n) is 4.78. The number of ether oxygens (including phenoxy) is 1. The van der Waals surface area contributed by atoms with E-state index in [2.05, 4.69) is 16.1 Å². The van der Waals surface area contributed by atoms with Crippen LogP contribution in [0.15, 0.2) is 11.6 Å². The number of hydrogen-bond acceptors (Lipinski definition) is 3. The second-order valence-corrected chi connectivity index (χ2v) is 3.26. The van der Waals surface area contributed by atoms with Crippen LogP contribution in [0.5, 0.6) is 0 Å². The second kappa shape index (κ2) is 5.75. The molecule has 0 saturated carbocycles. The zero-order valence-corrected chi connectivity index (χ0v) is 8.14. The molecule has 0 aromatic rings. The average Bonchev–Trinajstić information content (AvgIpc) is 2.19. The smallest absolute Gasteiger partial charge is 0.305 e.